The third-order valence-corrected chi connectivity index (χ3v) is 2.91. The van der Waals surface area contributed by atoms with Crippen molar-refractivity contribution >= 4 is 21.9 Å². The molecule has 1 aliphatic heterocycles. The van der Waals surface area contributed by atoms with Gasteiger partial charge >= 0.3 is 12.1 Å². The van der Waals surface area contributed by atoms with Crippen LogP contribution in [0.3, 0.4) is 0 Å². The number of aliphatic carboxylic acids is 1. The van der Waals surface area contributed by atoms with Crippen molar-refractivity contribution in [2.24, 2.45) is 0 Å². The van der Waals surface area contributed by atoms with Gasteiger partial charge in [-0.15, -0.1) is 0 Å². The van der Waals surface area contributed by atoms with Crippen molar-refractivity contribution in [1.82, 2.24) is 5.32 Å². The molecule has 0 saturated carbocycles. The van der Waals surface area contributed by atoms with Gasteiger partial charge in [-0.3, -0.25) is 0 Å². The number of carboxylic acid groups (broad SMARTS) is 1. The SMILES string of the molecule is Brc1ccc(COC2CNC2)cc1.O=C(O)C(F)(F)F. The Morgan fingerprint density at radius 3 is 2.20 bits per heavy atom. The molecule has 112 valence electrons. The van der Waals surface area contributed by atoms with Crippen LogP contribution in [0.25, 0.3) is 0 Å². The third-order valence-electron chi connectivity index (χ3n) is 2.39. The maximum atomic E-state index is 10.6. The van der Waals surface area contributed by atoms with E-state index < -0.39 is 12.1 Å². The number of hydrogen-bond acceptors (Lipinski definition) is 3. The Bertz CT molecular complexity index is 433. The number of ether oxygens (including phenoxy) is 1. The van der Waals surface area contributed by atoms with E-state index in [0.29, 0.717) is 6.10 Å². The highest BCUT2D eigenvalue weighted by Crippen LogP contribution is 2.13. The molecule has 1 saturated heterocycles. The van der Waals surface area contributed by atoms with Crippen molar-refractivity contribution in [3.8, 4) is 0 Å². The standard InChI is InChI=1S/C10H12BrNO.C2HF3O2/c11-9-3-1-8(2-4-9)7-13-10-5-12-6-10;3-2(4,5)1(6)7/h1-4,10,12H,5-7H2;(H,6,7). The molecule has 1 heterocycles. The second kappa shape index (κ2) is 7.61. The van der Waals surface area contributed by atoms with Crippen molar-refractivity contribution < 1.29 is 27.8 Å². The van der Waals surface area contributed by atoms with Crippen LogP contribution < -0.4 is 5.32 Å². The Morgan fingerprint density at radius 2 is 1.85 bits per heavy atom. The van der Waals surface area contributed by atoms with Crippen LogP contribution in [-0.2, 0) is 16.1 Å². The van der Waals surface area contributed by atoms with E-state index in [1.807, 2.05) is 12.1 Å². The smallest absolute Gasteiger partial charge is 0.475 e. The van der Waals surface area contributed by atoms with E-state index in [9.17, 15) is 13.2 Å². The van der Waals surface area contributed by atoms with Crippen LogP contribution in [0.2, 0.25) is 0 Å². The Hall–Kier alpha value is -1.12. The summed E-state index contributed by atoms with van der Waals surface area (Å²) >= 11 is 3.40. The van der Waals surface area contributed by atoms with Gasteiger partial charge in [0.1, 0.15) is 0 Å². The lowest BCUT2D eigenvalue weighted by Gasteiger charge is -2.27. The van der Waals surface area contributed by atoms with Crippen molar-refractivity contribution in [1.29, 1.82) is 0 Å². The number of halogens is 4. The average molecular weight is 356 g/mol. The van der Waals surface area contributed by atoms with Gasteiger partial charge in [-0.2, -0.15) is 13.2 Å². The fourth-order valence-electron chi connectivity index (χ4n) is 1.17. The number of carbonyl (C=O) groups is 1. The maximum absolute atomic E-state index is 10.6. The molecule has 0 aromatic heterocycles. The minimum absolute atomic E-state index is 0.420. The summed E-state index contributed by atoms with van der Waals surface area (Å²) in [4.78, 5) is 8.90. The van der Waals surface area contributed by atoms with Gasteiger partial charge in [0.05, 0.1) is 12.7 Å². The molecule has 0 aliphatic carbocycles. The monoisotopic (exact) mass is 355 g/mol. The lowest BCUT2D eigenvalue weighted by Crippen LogP contribution is -2.48. The molecule has 1 aromatic carbocycles. The number of benzene rings is 1. The minimum atomic E-state index is -5.08. The first-order valence-electron chi connectivity index (χ1n) is 5.66. The first kappa shape index (κ1) is 16.9. The highest BCUT2D eigenvalue weighted by Gasteiger charge is 2.38. The molecule has 1 fully saturated rings. The topological polar surface area (TPSA) is 58.6 Å². The maximum Gasteiger partial charge on any atom is 0.490 e. The van der Waals surface area contributed by atoms with Crippen molar-refractivity contribution in [2.45, 2.75) is 18.9 Å². The summed E-state index contributed by atoms with van der Waals surface area (Å²) in [5.41, 5.74) is 1.23. The zero-order valence-electron chi connectivity index (χ0n) is 10.3. The molecule has 0 bridgehead atoms. The number of alkyl halides is 3. The Morgan fingerprint density at radius 1 is 1.35 bits per heavy atom. The van der Waals surface area contributed by atoms with Crippen LogP contribution in [0.1, 0.15) is 5.56 Å². The number of rotatable bonds is 3. The zero-order valence-corrected chi connectivity index (χ0v) is 11.9. The van der Waals surface area contributed by atoms with Gasteiger partial charge < -0.3 is 15.2 Å². The molecule has 20 heavy (non-hydrogen) atoms. The first-order chi connectivity index (χ1) is 9.29. The molecule has 0 spiro atoms. The Balaban J connectivity index is 0.000000246. The van der Waals surface area contributed by atoms with Crippen LogP contribution in [0.15, 0.2) is 28.7 Å². The quantitative estimate of drug-likeness (QED) is 0.874. The molecule has 0 atom stereocenters. The van der Waals surface area contributed by atoms with Gasteiger partial charge in [-0.1, -0.05) is 28.1 Å². The summed E-state index contributed by atoms with van der Waals surface area (Å²) in [6.07, 6.45) is -4.66. The summed E-state index contributed by atoms with van der Waals surface area (Å²) in [7, 11) is 0. The lowest BCUT2D eigenvalue weighted by atomic mass is 10.2. The van der Waals surface area contributed by atoms with Gasteiger partial charge in [0.15, 0.2) is 0 Å². The van der Waals surface area contributed by atoms with Gasteiger partial charge in [0, 0.05) is 17.6 Å². The molecule has 1 aliphatic rings. The van der Waals surface area contributed by atoms with Crippen LogP contribution >= 0.6 is 15.9 Å². The van der Waals surface area contributed by atoms with E-state index in [-0.39, 0.29) is 0 Å². The summed E-state index contributed by atoms with van der Waals surface area (Å²) in [5.74, 6) is -2.76. The van der Waals surface area contributed by atoms with Crippen LogP contribution in [-0.4, -0.2) is 36.4 Å². The van der Waals surface area contributed by atoms with Crippen LogP contribution in [0.4, 0.5) is 13.2 Å². The predicted octanol–water partition coefficient (Wildman–Crippen LogP) is 2.57. The van der Waals surface area contributed by atoms with Gasteiger partial charge in [-0.05, 0) is 17.7 Å². The molecular formula is C12H13BrF3NO3. The Labute approximate surface area is 122 Å². The Kier molecular flexibility index (Phi) is 6.44. The normalized spacial score (nSPS) is 15.0. The summed E-state index contributed by atoms with van der Waals surface area (Å²) in [6.45, 7) is 2.71. The number of hydrogen-bond donors (Lipinski definition) is 2. The van der Waals surface area contributed by atoms with Gasteiger partial charge in [0.25, 0.3) is 0 Å². The van der Waals surface area contributed by atoms with Gasteiger partial charge in [0.2, 0.25) is 0 Å². The predicted molar refractivity (Wildman–Crippen MR) is 69.3 cm³/mol. The number of nitrogens with one attached hydrogen (secondary N) is 1. The zero-order chi connectivity index (χ0) is 15.2. The van der Waals surface area contributed by atoms with E-state index in [1.54, 1.807) is 0 Å². The fourth-order valence-corrected chi connectivity index (χ4v) is 1.44. The molecule has 4 nitrogen and oxygen atoms in total. The van der Waals surface area contributed by atoms with Crippen LogP contribution in [0, 0.1) is 0 Å². The molecule has 0 radical (unpaired) electrons. The summed E-state index contributed by atoms with van der Waals surface area (Å²) < 4.78 is 38.5. The molecular weight excluding hydrogens is 343 g/mol. The number of carboxylic acids is 1. The fraction of sp³-hybridized carbons (Fsp3) is 0.417. The molecule has 2 N–H and O–H groups in total. The van der Waals surface area contributed by atoms with Crippen molar-refractivity contribution in [3.05, 3.63) is 34.3 Å². The van der Waals surface area contributed by atoms with Gasteiger partial charge in [-0.25, -0.2) is 4.79 Å². The first-order valence-corrected chi connectivity index (χ1v) is 6.45. The minimum Gasteiger partial charge on any atom is -0.475 e. The average Bonchev–Trinajstić information content (AvgIpc) is 2.29. The molecule has 8 heteroatoms. The summed E-state index contributed by atoms with van der Waals surface area (Å²) in [5, 5.41) is 10.3. The summed E-state index contributed by atoms with van der Waals surface area (Å²) in [6, 6.07) is 8.24. The molecule has 1 aromatic rings. The van der Waals surface area contributed by atoms with Crippen molar-refractivity contribution in [3.63, 3.8) is 0 Å². The van der Waals surface area contributed by atoms with Crippen molar-refractivity contribution in [2.75, 3.05) is 13.1 Å². The largest absolute Gasteiger partial charge is 0.490 e. The second-order valence-electron chi connectivity index (χ2n) is 4.02. The van der Waals surface area contributed by atoms with E-state index in [2.05, 4.69) is 33.4 Å². The highest BCUT2D eigenvalue weighted by atomic mass is 79.9. The van der Waals surface area contributed by atoms with E-state index in [1.165, 1.54) is 5.56 Å². The molecule has 0 unspecified atom stereocenters. The highest BCUT2D eigenvalue weighted by molar-refractivity contribution is 9.10. The van der Waals surface area contributed by atoms with Crippen LogP contribution in [0.5, 0.6) is 0 Å². The van der Waals surface area contributed by atoms with E-state index in [4.69, 9.17) is 14.6 Å². The molecule has 2 rings (SSSR count). The third kappa shape index (κ3) is 6.36. The molecule has 0 amide bonds. The van der Waals surface area contributed by atoms with E-state index in [0.717, 1.165) is 24.2 Å². The lowest BCUT2D eigenvalue weighted by molar-refractivity contribution is -0.192. The van der Waals surface area contributed by atoms with E-state index >= 15 is 0 Å². The second-order valence-corrected chi connectivity index (χ2v) is 4.94.